The third kappa shape index (κ3) is 26.0. The van der Waals surface area contributed by atoms with E-state index in [2.05, 4.69) is 4.74 Å². The van der Waals surface area contributed by atoms with E-state index in [1.165, 1.54) is 123 Å². The Labute approximate surface area is 363 Å². The van der Waals surface area contributed by atoms with Crippen LogP contribution >= 0.6 is 35.3 Å². The molecule has 334 valence electrons. The van der Waals surface area contributed by atoms with Crippen molar-refractivity contribution in [2.24, 2.45) is 29.6 Å². The highest BCUT2D eigenvalue weighted by Gasteiger charge is 2.21. The number of carbonyl (C=O) groups excluding carboxylic acids is 1. The number of ether oxygens (including phenoxy) is 1. The summed E-state index contributed by atoms with van der Waals surface area (Å²) in [5, 5.41) is 25.3. The Morgan fingerprint density at radius 1 is 0.586 bits per heavy atom. The van der Waals surface area contributed by atoms with Gasteiger partial charge in [-0.2, -0.15) is 8.42 Å². The molecule has 5 saturated carbocycles. The number of hydrogen-bond donors (Lipinski definition) is 3. The molecule has 6 rings (SSSR count). The number of benzene rings is 1. The van der Waals surface area contributed by atoms with Gasteiger partial charge in [-0.15, -0.1) is 35.3 Å². The lowest BCUT2D eigenvalue weighted by Gasteiger charge is -2.10. The van der Waals surface area contributed by atoms with Crippen molar-refractivity contribution in [2.75, 3.05) is 54.8 Å². The van der Waals surface area contributed by atoms with Crippen molar-refractivity contribution >= 4 is 63.3 Å². The number of carbonyl (C=O) groups is 3. The van der Waals surface area contributed by atoms with E-state index in [-0.39, 0.29) is 22.4 Å². The van der Waals surface area contributed by atoms with E-state index >= 15 is 0 Å². The number of aryl methyl sites for hydroxylation is 1. The third-order valence-electron chi connectivity index (χ3n) is 11.4. The van der Waals surface area contributed by atoms with E-state index in [9.17, 15) is 22.8 Å². The minimum Gasteiger partial charge on any atom is -0.481 e. The largest absolute Gasteiger partial charge is 0.481 e. The Hall–Kier alpha value is -1.45. The van der Waals surface area contributed by atoms with Crippen LogP contribution in [0.15, 0.2) is 29.2 Å². The molecule has 0 aliphatic heterocycles. The topological polar surface area (TPSA) is 164 Å². The predicted octanol–water partition coefficient (Wildman–Crippen LogP) is 10.1. The van der Waals surface area contributed by atoms with Crippen LogP contribution in [0.3, 0.4) is 0 Å². The van der Waals surface area contributed by atoms with Gasteiger partial charge in [0.15, 0.2) is 0 Å². The fraction of sp³-hybridized carbons (Fsp3) is 0.795. The Kier molecular flexibility index (Phi) is 29.3. The van der Waals surface area contributed by atoms with E-state index < -0.39 is 22.1 Å². The van der Waals surface area contributed by atoms with Crippen molar-refractivity contribution in [1.29, 1.82) is 0 Å². The van der Waals surface area contributed by atoms with Crippen LogP contribution in [-0.4, -0.2) is 96.5 Å². The van der Waals surface area contributed by atoms with Crippen molar-refractivity contribution in [2.45, 2.75) is 140 Å². The van der Waals surface area contributed by atoms with Gasteiger partial charge in [0, 0.05) is 6.61 Å². The quantitative estimate of drug-likeness (QED) is 0.100. The molecule has 0 unspecified atom stereocenters. The number of thioether (sulfide) groups is 3. The maximum atomic E-state index is 11.9. The van der Waals surface area contributed by atoms with Gasteiger partial charge in [0.1, 0.15) is 0 Å². The molecule has 0 spiro atoms. The lowest BCUT2D eigenvalue weighted by atomic mass is 10.1. The Morgan fingerprint density at radius 3 is 1.26 bits per heavy atom. The molecule has 1 aromatic carbocycles. The standard InChI is InChI=1S/C13H18O3S.C9H16O2S.2C8H14O2S.C6H12O/c1-11-6-8-13(9-7-11)17(14,15)16-10-12-4-2-3-5-12;1-11-9(10)7-12-6-8-4-2-3-5-8;2*9-8(10)6-11-5-7-3-1-2-4-7;7-5-6-3-1-2-4-6/h6-9,12H,2-5,10H2,1H3;8H,2-7H2,1H3;2*7H,1-6H2,(H,9,10);6-7H,1-5H2. The smallest absolute Gasteiger partial charge is 0.315 e. The number of aliphatic carboxylic acids is 2. The average molecular weight is 891 g/mol. The van der Waals surface area contributed by atoms with Crippen molar-refractivity contribution < 1.29 is 47.0 Å². The molecule has 0 atom stereocenters. The summed E-state index contributed by atoms with van der Waals surface area (Å²) in [5.74, 6) is 6.36. The second-order valence-electron chi connectivity index (χ2n) is 16.4. The number of esters is 1. The number of hydrogen-bond acceptors (Lipinski definition) is 11. The van der Waals surface area contributed by atoms with Crippen LogP contribution in [-0.2, 0) is 33.4 Å². The second-order valence-corrected chi connectivity index (χ2v) is 21.1. The average Bonchev–Trinajstić information content (AvgIpc) is 4.07. The minimum atomic E-state index is -3.56. The molecule has 58 heavy (non-hydrogen) atoms. The summed E-state index contributed by atoms with van der Waals surface area (Å²) in [5.41, 5.74) is 1.04. The van der Waals surface area contributed by atoms with Gasteiger partial charge >= 0.3 is 17.9 Å². The van der Waals surface area contributed by atoms with Crippen LogP contribution in [0.5, 0.6) is 0 Å². The molecular weight excluding hydrogens is 817 g/mol. The van der Waals surface area contributed by atoms with Gasteiger partial charge in [-0.25, -0.2) is 0 Å². The van der Waals surface area contributed by atoms with Crippen LogP contribution < -0.4 is 0 Å². The first-order chi connectivity index (χ1) is 27.9. The molecule has 0 saturated heterocycles. The van der Waals surface area contributed by atoms with E-state index in [0.29, 0.717) is 30.8 Å². The van der Waals surface area contributed by atoms with Gasteiger partial charge in [-0.3, -0.25) is 18.6 Å². The summed E-state index contributed by atoms with van der Waals surface area (Å²) in [6.45, 7) is 2.67. The Bertz CT molecular complexity index is 1300. The van der Waals surface area contributed by atoms with Crippen LogP contribution in [0.4, 0.5) is 0 Å². The van der Waals surface area contributed by atoms with E-state index in [1.807, 2.05) is 6.92 Å². The zero-order valence-electron chi connectivity index (χ0n) is 35.3. The van der Waals surface area contributed by atoms with E-state index in [4.69, 9.17) is 19.5 Å². The van der Waals surface area contributed by atoms with Crippen LogP contribution in [0, 0.1) is 36.5 Å². The molecule has 0 aromatic heterocycles. The SMILES string of the molecule is COC(=O)CSCC1CCCC1.Cc1ccc(S(=O)(=O)OCC2CCCC2)cc1.O=C(O)CSCC1CCCC1.O=C(O)CSCC1CCCC1.OCC1CCCC1. The van der Waals surface area contributed by atoms with Crippen molar-refractivity contribution in [3.63, 3.8) is 0 Å². The molecule has 0 radical (unpaired) electrons. The summed E-state index contributed by atoms with van der Waals surface area (Å²) in [6.07, 6.45) is 25.9. The number of carboxylic acids is 2. The normalized spacial score (nSPS) is 18.9. The highest BCUT2D eigenvalue weighted by Crippen LogP contribution is 2.30. The van der Waals surface area contributed by atoms with Crippen molar-refractivity contribution in [1.82, 2.24) is 0 Å². The van der Waals surface area contributed by atoms with Gasteiger partial charge in [0.25, 0.3) is 10.1 Å². The number of carboxylic acid groups (broad SMARTS) is 2. The number of aliphatic hydroxyl groups excluding tert-OH is 1. The number of aliphatic hydroxyl groups is 1. The Balaban J connectivity index is 0.000000257. The zero-order valence-corrected chi connectivity index (χ0v) is 38.6. The second kappa shape index (κ2) is 32.3. The molecule has 10 nitrogen and oxygen atoms in total. The summed E-state index contributed by atoms with van der Waals surface area (Å²) in [4.78, 5) is 31.3. The van der Waals surface area contributed by atoms with E-state index in [1.54, 1.807) is 59.6 Å². The van der Waals surface area contributed by atoms with Gasteiger partial charge < -0.3 is 20.1 Å². The highest BCUT2D eigenvalue weighted by molar-refractivity contribution is 8.00. The molecule has 1 aromatic rings. The maximum Gasteiger partial charge on any atom is 0.315 e. The predicted molar refractivity (Wildman–Crippen MR) is 240 cm³/mol. The third-order valence-corrected chi connectivity index (χ3v) is 16.1. The van der Waals surface area contributed by atoms with Crippen LogP contribution in [0.1, 0.15) is 134 Å². The van der Waals surface area contributed by atoms with Crippen LogP contribution in [0.25, 0.3) is 0 Å². The van der Waals surface area contributed by atoms with Gasteiger partial charge in [0.2, 0.25) is 0 Å². The van der Waals surface area contributed by atoms with E-state index in [0.717, 1.165) is 53.4 Å². The first-order valence-electron chi connectivity index (χ1n) is 21.7. The summed E-state index contributed by atoms with van der Waals surface area (Å²) >= 11 is 4.83. The lowest BCUT2D eigenvalue weighted by Crippen LogP contribution is -2.12. The zero-order chi connectivity index (χ0) is 42.4. The monoisotopic (exact) mass is 890 g/mol. The van der Waals surface area contributed by atoms with Gasteiger partial charge in [0.05, 0.1) is 35.9 Å². The summed E-state index contributed by atoms with van der Waals surface area (Å²) in [6, 6.07) is 6.76. The molecule has 3 N–H and O–H groups in total. The number of rotatable bonds is 17. The molecule has 14 heteroatoms. The molecule has 5 aliphatic carbocycles. The van der Waals surface area contributed by atoms with Crippen molar-refractivity contribution in [3.05, 3.63) is 29.8 Å². The van der Waals surface area contributed by atoms with Crippen LogP contribution in [0.2, 0.25) is 0 Å². The highest BCUT2D eigenvalue weighted by atomic mass is 32.2. The first-order valence-corrected chi connectivity index (χ1v) is 26.6. The molecule has 0 amide bonds. The fourth-order valence-electron chi connectivity index (χ4n) is 7.85. The Morgan fingerprint density at radius 2 is 0.931 bits per heavy atom. The first kappa shape index (κ1) is 52.7. The minimum absolute atomic E-state index is 0.0991. The number of methoxy groups -OCH3 is 1. The summed E-state index contributed by atoms with van der Waals surface area (Å²) < 4.78 is 33.4. The summed E-state index contributed by atoms with van der Waals surface area (Å²) in [7, 11) is -2.12. The lowest BCUT2D eigenvalue weighted by molar-refractivity contribution is -0.137. The molecular formula is C44H74O10S4. The molecule has 5 aliphatic rings. The maximum absolute atomic E-state index is 11.9. The van der Waals surface area contributed by atoms with Crippen molar-refractivity contribution in [3.8, 4) is 0 Å². The molecule has 0 heterocycles. The fourth-order valence-corrected chi connectivity index (χ4v) is 11.8. The van der Waals surface area contributed by atoms with Gasteiger partial charge in [-0.05, 0) is 130 Å². The van der Waals surface area contributed by atoms with Gasteiger partial charge in [-0.1, -0.05) is 81.9 Å². The molecule has 5 fully saturated rings. The molecule has 0 bridgehead atoms.